The van der Waals surface area contributed by atoms with Gasteiger partial charge in [-0.15, -0.1) is 0 Å². The van der Waals surface area contributed by atoms with Crippen molar-refractivity contribution >= 4 is 15.8 Å². The fourth-order valence-electron chi connectivity index (χ4n) is 2.82. The van der Waals surface area contributed by atoms with Gasteiger partial charge in [0.15, 0.2) is 5.96 Å². The number of nitrogens with zero attached hydrogens (tertiary/aromatic N) is 1. The molecule has 0 aromatic rings. The molecular formula is C17H35N3O3S. The zero-order valence-corrected chi connectivity index (χ0v) is 16.9. The molecule has 0 bridgehead atoms. The van der Waals surface area contributed by atoms with Gasteiger partial charge < -0.3 is 15.4 Å². The van der Waals surface area contributed by atoms with Gasteiger partial charge in [0, 0.05) is 37.4 Å². The van der Waals surface area contributed by atoms with Crippen molar-refractivity contribution in [2.45, 2.75) is 71.6 Å². The maximum atomic E-state index is 11.3. The molecule has 142 valence electrons. The zero-order chi connectivity index (χ0) is 18.4. The van der Waals surface area contributed by atoms with E-state index in [2.05, 4.69) is 36.4 Å². The summed E-state index contributed by atoms with van der Waals surface area (Å²) in [4.78, 5) is 4.26. The number of unbranched alkanes of at least 4 members (excludes halogenated alkanes) is 1. The second kappa shape index (κ2) is 9.04. The van der Waals surface area contributed by atoms with Crippen LogP contribution < -0.4 is 10.6 Å². The summed E-state index contributed by atoms with van der Waals surface area (Å²) in [6.45, 7) is 9.39. The van der Waals surface area contributed by atoms with E-state index in [4.69, 9.17) is 4.74 Å². The van der Waals surface area contributed by atoms with Crippen LogP contribution in [0.5, 0.6) is 0 Å². The van der Waals surface area contributed by atoms with Gasteiger partial charge in [-0.25, -0.2) is 8.42 Å². The van der Waals surface area contributed by atoms with E-state index >= 15 is 0 Å². The van der Waals surface area contributed by atoms with Crippen molar-refractivity contribution in [3.05, 3.63) is 0 Å². The zero-order valence-electron chi connectivity index (χ0n) is 16.1. The van der Waals surface area contributed by atoms with E-state index in [0.717, 1.165) is 31.8 Å². The first-order chi connectivity index (χ1) is 11.1. The smallest absolute Gasteiger partial charge is 0.191 e. The molecule has 0 aromatic heterocycles. The Morgan fingerprint density at radius 3 is 2.58 bits per heavy atom. The van der Waals surface area contributed by atoms with Crippen molar-refractivity contribution in [1.29, 1.82) is 0 Å². The van der Waals surface area contributed by atoms with Gasteiger partial charge in [-0.1, -0.05) is 27.2 Å². The molecule has 0 heterocycles. The Balaban J connectivity index is 2.44. The molecule has 1 aliphatic carbocycles. The molecule has 6 nitrogen and oxygen atoms in total. The Morgan fingerprint density at radius 2 is 2.08 bits per heavy atom. The highest BCUT2D eigenvalue weighted by molar-refractivity contribution is 7.90. The fraction of sp³-hybridized carbons (Fsp3) is 0.941. The van der Waals surface area contributed by atoms with Crippen LogP contribution in [0.4, 0.5) is 0 Å². The first kappa shape index (κ1) is 21.2. The number of rotatable bonds is 9. The highest BCUT2D eigenvalue weighted by Gasteiger charge is 2.49. The van der Waals surface area contributed by atoms with Crippen LogP contribution in [0.15, 0.2) is 4.99 Å². The molecule has 1 saturated carbocycles. The van der Waals surface area contributed by atoms with Crippen molar-refractivity contribution in [2.75, 3.05) is 25.7 Å². The van der Waals surface area contributed by atoms with Crippen molar-refractivity contribution in [3.8, 4) is 0 Å². The quantitative estimate of drug-likeness (QED) is 0.373. The van der Waals surface area contributed by atoms with Crippen LogP contribution in [0.2, 0.25) is 0 Å². The summed E-state index contributed by atoms with van der Waals surface area (Å²) in [6, 6.07) is 0.350. The third kappa shape index (κ3) is 6.59. The number of nitrogens with one attached hydrogen (secondary N) is 2. The van der Waals surface area contributed by atoms with Gasteiger partial charge in [-0.3, -0.25) is 4.99 Å². The van der Waals surface area contributed by atoms with E-state index < -0.39 is 9.84 Å². The maximum Gasteiger partial charge on any atom is 0.191 e. The average molecular weight is 362 g/mol. The van der Waals surface area contributed by atoms with Crippen molar-refractivity contribution in [2.24, 2.45) is 10.4 Å². The van der Waals surface area contributed by atoms with Gasteiger partial charge in [0.2, 0.25) is 0 Å². The molecule has 0 aromatic carbocycles. The number of hydrogen-bond donors (Lipinski definition) is 2. The highest BCUT2D eigenvalue weighted by atomic mass is 32.2. The van der Waals surface area contributed by atoms with Crippen LogP contribution in [-0.4, -0.2) is 58.2 Å². The topological polar surface area (TPSA) is 79.8 Å². The predicted octanol–water partition coefficient (Wildman–Crippen LogP) is 1.96. The standard InChI is InChI=1S/C17H35N3O3S/c1-7-8-10-23-15-12-14(17(15,3)4)20-16(18-5)19-13(2)9-11-24(6,21)22/h13-15H,7-12H2,1-6H3,(H2,18,19,20). The first-order valence-electron chi connectivity index (χ1n) is 8.89. The van der Waals surface area contributed by atoms with Gasteiger partial charge in [-0.2, -0.15) is 0 Å². The third-order valence-electron chi connectivity index (χ3n) is 4.83. The van der Waals surface area contributed by atoms with Crippen LogP contribution in [0, 0.1) is 5.41 Å². The SMILES string of the molecule is CCCCOC1CC(NC(=NC)NC(C)CCS(C)(=O)=O)C1(C)C. The lowest BCUT2D eigenvalue weighted by Crippen LogP contribution is -2.64. The molecule has 0 saturated heterocycles. The minimum absolute atomic E-state index is 0.0470. The molecule has 0 radical (unpaired) electrons. The van der Waals surface area contributed by atoms with E-state index in [1.807, 2.05) is 6.92 Å². The molecule has 7 heteroatoms. The van der Waals surface area contributed by atoms with Gasteiger partial charge >= 0.3 is 0 Å². The number of guanidine groups is 1. The normalized spacial score (nSPS) is 25.0. The maximum absolute atomic E-state index is 11.3. The van der Waals surface area contributed by atoms with Crippen molar-refractivity contribution < 1.29 is 13.2 Å². The monoisotopic (exact) mass is 361 g/mol. The molecule has 0 spiro atoms. The summed E-state index contributed by atoms with van der Waals surface area (Å²) >= 11 is 0. The van der Waals surface area contributed by atoms with E-state index in [1.165, 1.54) is 6.26 Å². The summed E-state index contributed by atoms with van der Waals surface area (Å²) in [5.41, 5.74) is 0.0569. The molecule has 1 fully saturated rings. The fourth-order valence-corrected chi connectivity index (χ4v) is 3.60. The second-order valence-corrected chi connectivity index (χ2v) is 9.76. The Hall–Kier alpha value is -0.820. The average Bonchev–Trinajstić information content (AvgIpc) is 2.49. The van der Waals surface area contributed by atoms with Gasteiger partial charge in [0.25, 0.3) is 0 Å². The Morgan fingerprint density at radius 1 is 1.42 bits per heavy atom. The van der Waals surface area contributed by atoms with E-state index in [-0.39, 0.29) is 23.3 Å². The Bertz CT molecular complexity index is 517. The van der Waals surface area contributed by atoms with Crippen molar-refractivity contribution in [1.82, 2.24) is 10.6 Å². The Kier molecular flexibility index (Phi) is 7.99. The lowest BCUT2D eigenvalue weighted by atomic mass is 9.64. The Labute approximate surface area is 147 Å². The second-order valence-electron chi connectivity index (χ2n) is 7.50. The molecular weight excluding hydrogens is 326 g/mol. The number of ether oxygens (including phenoxy) is 1. The van der Waals surface area contributed by atoms with Gasteiger partial charge in [-0.05, 0) is 26.2 Å². The molecule has 0 aliphatic heterocycles. The lowest BCUT2D eigenvalue weighted by Gasteiger charge is -2.52. The van der Waals surface area contributed by atoms with E-state index in [1.54, 1.807) is 7.05 Å². The number of hydrogen-bond acceptors (Lipinski definition) is 4. The summed E-state index contributed by atoms with van der Waals surface area (Å²) < 4.78 is 28.5. The van der Waals surface area contributed by atoms with Crippen LogP contribution in [0.25, 0.3) is 0 Å². The minimum Gasteiger partial charge on any atom is -0.378 e. The van der Waals surface area contributed by atoms with E-state index in [0.29, 0.717) is 12.5 Å². The number of aliphatic imine (C=N–C) groups is 1. The van der Waals surface area contributed by atoms with Crippen LogP contribution >= 0.6 is 0 Å². The third-order valence-corrected chi connectivity index (χ3v) is 5.81. The van der Waals surface area contributed by atoms with Crippen LogP contribution in [0.3, 0.4) is 0 Å². The lowest BCUT2D eigenvalue weighted by molar-refractivity contribution is -0.113. The van der Waals surface area contributed by atoms with Crippen LogP contribution in [0.1, 0.15) is 53.4 Å². The molecule has 3 unspecified atom stereocenters. The summed E-state index contributed by atoms with van der Waals surface area (Å²) in [7, 11) is -1.20. The summed E-state index contributed by atoms with van der Waals surface area (Å²) in [6.07, 6.45) is 5.33. The molecule has 24 heavy (non-hydrogen) atoms. The van der Waals surface area contributed by atoms with E-state index in [9.17, 15) is 8.42 Å². The van der Waals surface area contributed by atoms with Crippen molar-refractivity contribution in [3.63, 3.8) is 0 Å². The molecule has 0 amide bonds. The van der Waals surface area contributed by atoms with Crippen LogP contribution in [-0.2, 0) is 14.6 Å². The summed E-state index contributed by atoms with van der Waals surface area (Å²) in [5, 5.41) is 6.73. The molecule has 1 aliphatic rings. The first-order valence-corrected chi connectivity index (χ1v) is 10.9. The summed E-state index contributed by atoms with van der Waals surface area (Å²) in [5.74, 6) is 0.904. The molecule has 3 atom stereocenters. The predicted molar refractivity (Wildman–Crippen MR) is 100 cm³/mol. The minimum atomic E-state index is -2.93. The molecule has 2 N–H and O–H groups in total. The largest absolute Gasteiger partial charge is 0.378 e. The van der Waals surface area contributed by atoms with Gasteiger partial charge in [0.1, 0.15) is 9.84 Å². The van der Waals surface area contributed by atoms with Gasteiger partial charge in [0.05, 0.1) is 11.9 Å². The highest BCUT2D eigenvalue weighted by Crippen LogP contribution is 2.42. The number of sulfone groups is 1. The molecule has 1 rings (SSSR count).